The Balaban J connectivity index is 1.90. The number of anilines is 2. The van der Waals surface area contributed by atoms with E-state index in [0.717, 1.165) is 0 Å². The van der Waals surface area contributed by atoms with Gasteiger partial charge in [-0.05, 0) is 39.2 Å². The summed E-state index contributed by atoms with van der Waals surface area (Å²) in [4.78, 5) is 25.3. The van der Waals surface area contributed by atoms with Crippen molar-refractivity contribution in [1.82, 2.24) is 14.9 Å². The van der Waals surface area contributed by atoms with E-state index in [9.17, 15) is 10.1 Å². The van der Waals surface area contributed by atoms with Crippen molar-refractivity contribution in [3.63, 3.8) is 0 Å². The summed E-state index contributed by atoms with van der Waals surface area (Å²) in [6.45, 7) is 6.58. The summed E-state index contributed by atoms with van der Waals surface area (Å²) < 4.78 is 5.55. The summed E-state index contributed by atoms with van der Waals surface area (Å²) in [5.74, 6) is 0.543. The fraction of sp³-hybridized carbons (Fsp3) is 0.435. The molecule has 0 bridgehead atoms. The smallest absolute Gasteiger partial charge is 0.410 e. The number of carbonyl (C=O) groups is 1. The molecule has 13 heteroatoms. The minimum Gasteiger partial charge on any atom is -0.444 e. The van der Waals surface area contributed by atoms with E-state index in [4.69, 9.17) is 39.5 Å². The molecule has 0 spiro atoms. The lowest BCUT2D eigenvalue weighted by molar-refractivity contribution is 0.0145. The van der Waals surface area contributed by atoms with Crippen LogP contribution in [0.4, 0.5) is 16.3 Å². The third-order valence-electron chi connectivity index (χ3n) is 5.11. The van der Waals surface area contributed by atoms with Crippen LogP contribution in [-0.2, 0) is 4.74 Å². The summed E-state index contributed by atoms with van der Waals surface area (Å²) in [6, 6.07) is 6.90. The van der Waals surface area contributed by atoms with Gasteiger partial charge in [0, 0.05) is 19.6 Å². The highest BCUT2D eigenvalue weighted by atomic mass is 35.5. The van der Waals surface area contributed by atoms with Crippen LogP contribution in [0.3, 0.4) is 0 Å². The number of rotatable bonds is 6. The third-order valence-corrected chi connectivity index (χ3v) is 6.58. The van der Waals surface area contributed by atoms with Gasteiger partial charge in [0.2, 0.25) is 0 Å². The quantitative estimate of drug-likeness (QED) is 0.149. The number of nitrogens with zero attached hydrogens (tertiary/aromatic N) is 6. The summed E-state index contributed by atoms with van der Waals surface area (Å²) in [5, 5.41) is 15.2. The molecule has 1 saturated heterocycles. The van der Waals surface area contributed by atoms with Crippen LogP contribution in [0, 0.1) is 11.3 Å². The number of hydrogen-bond acceptors (Lipinski definition) is 9. The van der Waals surface area contributed by atoms with E-state index in [1.807, 2.05) is 31.9 Å². The number of para-hydroxylation sites is 1. The van der Waals surface area contributed by atoms with Crippen LogP contribution in [0.1, 0.15) is 32.8 Å². The van der Waals surface area contributed by atoms with Gasteiger partial charge in [-0.3, -0.25) is 5.43 Å². The number of thioether (sulfide) groups is 1. The molecule has 1 N–H and O–H groups in total. The van der Waals surface area contributed by atoms with Crippen molar-refractivity contribution in [1.29, 1.82) is 5.26 Å². The zero-order valence-electron chi connectivity index (χ0n) is 20.3. The van der Waals surface area contributed by atoms with E-state index in [-0.39, 0.29) is 11.6 Å². The Morgan fingerprint density at radius 1 is 1.31 bits per heavy atom. The maximum atomic E-state index is 12.8. The molecule has 0 saturated carbocycles. The van der Waals surface area contributed by atoms with E-state index in [1.54, 1.807) is 23.1 Å². The minimum absolute atomic E-state index is 0.139. The number of amides is 1. The maximum Gasteiger partial charge on any atom is 0.410 e. The van der Waals surface area contributed by atoms with Gasteiger partial charge in [-0.1, -0.05) is 52.6 Å². The van der Waals surface area contributed by atoms with Gasteiger partial charge in [0.05, 0.1) is 46.0 Å². The van der Waals surface area contributed by atoms with Crippen molar-refractivity contribution >= 4 is 70.4 Å². The molecule has 1 aliphatic rings. The second-order valence-electron chi connectivity index (χ2n) is 8.84. The summed E-state index contributed by atoms with van der Waals surface area (Å²) in [7, 11) is 0. The van der Waals surface area contributed by atoms with Crippen LogP contribution in [0.15, 0.2) is 28.5 Å². The van der Waals surface area contributed by atoms with Gasteiger partial charge in [-0.25, -0.2) is 14.8 Å². The topological polar surface area (TPSA) is 107 Å². The summed E-state index contributed by atoms with van der Waals surface area (Å²) in [6.07, 6.45) is 3.04. The number of hydrazone groups is 1. The number of benzene rings is 1. The first-order valence-corrected chi connectivity index (χ1v) is 13.4. The second kappa shape index (κ2) is 12.2. The highest BCUT2D eigenvalue weighted by Gasteiger charge is 2.34. The lowest BCUT2D eigenvalue weighted by Gasteiger charge is -2.41. The monoisotopic (exact) mass is 569 g/mol. The molecule has 1 fully saturated rings. The van der Waals surface area contributed by atoms with Crippen molar-refractivity contribution in [2.75, 3.05) is 36.2 Å². The molecule has 1 unspecified atom stereocenters. The predicted octanol–water partition coefficient (Wildman–Crippen LogP) is 5.94. The van der Waals surface area contributed by atoms with Gasteiger partial charge < -0.3 is 14.5 Å². The van der Waals surface area contributed by atoms with Gasteiger partial charge in [0.15, 0.2) is 5.16 Å². The van der Waals surface area contributed by atoms with Gasteiger partial charge in [0.1, 0.15) is 16.6 Å². The SMILES string of the molecule is CSc1nc(Cl)c(/C=N/Nc2c(Cl)cccc2Cl)c(N2CCN(C(=O)OC(C)(C)C)C(CC#N)C2)n1. The Bertz CT molecular complexity index is 1160. The lowest BCUT2D eigenvalue weighted by atomic mass is 10.1. The van der Waals surface area contributed by atoms with E-state index < -0.39 is 17.7 Å². The minimum atomic E-state index is -0.639. The number of nitriles is 1. The summed E-state index contributed by atoms with van der Waals surface area (Å²) in [5.41, 5.74) is 3.14. The fourth-order valence-electron chi connectivity index (χ4n) is 3.51. The van der Waals surface area contributed by atoms with Crippen molar-refractivity contribution in [3.8, 4) is 6.07 Å². The highest BCUT2D eigenvalue weighted by molar-refractivity contribution is 7.98. The van der Waals surface area contributed by atoms with Crippen LogP contribution >= 0.6 is 46.6 Å². The van der Waals surface area contributed by atoms with E-state index in [1.165, 1.54) is 18.0 Å². The first kappa shape index (κ1) is 28.1. The molecule has 2 aromatic rings. The molecule has 1 aromatic heterocycles. The molecular formula is C23H26Cl3N7O2S. The number of hydrogen-bond donors (Lipinski definition) is 1. The van der Waals surface area contributed by atoms with Gasteiger partial charge in [-0.2, -0.15) is 10.4 Å². The Kier molecular flexibility index (Phi) is 9.53. The first-order valence-electron chi connectivity index (χ1n) is 11.0. The first-order chi connectivity index (χ1) is 17.0. The van der Waals surface area contributed by atoms with E-state index in [0.29, 0.717) is 51.9 Å². The van der Waals surface area contributed by atoms with E-state index >= 15 is 0 Å². The average Bonchev–Trinajstić information content (AvgIpc) is 2.80. The van der Waals surface area contributed by atoms with Crippen LogP contribution in [0.5, 0.6) is 0 Å². The van der Waals surface area contributed by atoms with Gasteiger partial charge >= 0.3 is 6.09 Å². The number of piperazine rings is 1. The molecule has 1 amide bonds. The molecule has 3 rings (SSSR count). The normalized spacial score (nSPS) is 16.2. The number of halogens is 3. The molecule has 0 aliphatic carbocycles. The molecule has 1 aliphatic heterocycles. The molecule has 1 aromatic carbocycles. The van der Waals surface area contributed by atoms with Crippen LogP contribution in [0.2, 0.25) is 15.2 Å². The van der Waals surface area contributed by atoms with Crippen molar-refractivity contribution in [3.05, 3.63) is 39.0 Å². The Morgan fingerprint density at radius 2 is 2.00 bits per heavy atom. The number of nitrogens with one attached hydrogen (secondary N) is 1. The highest BCUT2D eigenvalue weighted by Crippen LogP contribution is 2.31. The average molecular weight is 571 g/mol. The molecule has 2 heterocycles. The standard InChI is InChI=1S/C23H26Cl3N7O2S/c1-23(2,3)35-22(34)33-11-10-32(13-14(33)8-9-27)20-15(19(26)29-21(30-20)36-4)12-28-31-18-16(24)6-5-7-17(18)25/h5-7,12,14,31H,8,10-11,13H2,1-4H3/b28-12+. The maximum absolute atomic E-state index is 12.8. The fourth-order valence-corrected chi connectivity index (χ4v) is 4.62. The lowest BCUT2D eigenvalue weighted by Crippen LogP contribution is -2.56. The van der Waals surface area contributed by atoms with Crippen molar-refractivity contribution in [2.24, 2.45) is 5.10 Å². The molecule has 0 radical (unpaired) electrons. The van der Waals surface area contributed by atoms with Gasteiger partial charge in [-0.15, -0.1) is 0 Å². The van der Waals surface area contributed by atoms with Crippen molar-refractivity contribution in [2.45, 2.75) is 44.0 Å². The molecule has 192 valence electrons. The Hall–Kier alpha value is -2.45. The number of carbonyl (C=O) groups excluding carboxylic acids is 1. The molecule has 36 heavy (non-hydrogen) atoms. The van der Waals surface area contributed by atoms with Crippen molar-refractivity contribution < 1.29 is 9.53 Å². The van der Waals surface area contributed by atoms with E-state index in [2.05, 4.69) is 26.6 Å². The predicted molar refractivity (Wildman–Crippen MR) is 146 cm³/mol. The largest absolute Gasteiger partial charge is 0.444 e. The molecule has 1 atom stereocenters. The zero-order chi connectivity index (χ0) is 26.5. The zero-order valence-corrected chi connectivity index (χ0v) is 23.3. The molecule has 9 nitrogen and oxygen atoms in total. The van der Waals surface area contributed by atoms with Crippen LogP contribution in [0.25, 0.3) is 0 Å². The molecular weight excluding hydrogens is 545 g/mol. The second-order valence-corrected chi connectivity index (χ2v) is 10.8. The third kappa shape index (κ3) is 7.07. The Morgan fingerprint density at radius 3 is 2.61 bits per heavy atom. The van der Waals surface area contributed by atoms with Crippen LogP contribution in [-0.4, -0.2) is 64.7 Å². The number of ether oxygens (including phenoxy) is 1. The Labute approximate surface area is 229 Å². The number of aromatic nitrogens is 2. The van der Waals surface area contributed by atoms with Gasteiger partial charge in [0.25, 0.3) is 0 Å². The van der Waals surface area contributed by atoms with Crippen LogP contribution < -0.4 is 10.3 Å². The summed E-state index contributed by atoms with van der Waals surface area (Å²) >= 11 is 20.3.